The molecule has 3 aromatic carbocycles. The van der Waals surface area contributed by atoms with Crippen LogP contribution in [0.25, 0.3) is 10.4 Å². The molecule has 4 amide bonds. The predicted octanol–water partition coefficient (Wildman–Crippen LogP) is 6.59. The van der Waals surface area contributed by atoms with Crippen LogP contribution in [0.15, 0.2) is 78.4 Å². The molecule has 2 aromatic heterocycles. The number of methoxy groups -OCH3 is 1. The number of thiazole rings is 1. The normalized spacial score (nSPS) is 18.2. The number of nitrogens with one attached hydrogen (secondary N) is 4. The topological polar surface area (TPSA) is 194 Å². The molecule has 16 nitrogen and oxygen atoms in total. The van der Waals surface area contributed by atoms with Crippen LogP contribution in [-0.2, 0) is 33.2 Å². The molecule has 1 aliphatic carbocycles. The summed E-state index contributed by atoms with van der Waals surface area (Å²) in [4.78, 5) is 74.5. The SMILES string of the molecule is CNc1nc(Nc2ccc(C(=O)N3CCN(Cc4ccc(CSC(C)(C)C(NC(=O)C5(F)CC5)C(=O)N5C[C@H](O)C[C@@H]5C(=O)NCc5ccc(-c6scnc6C)cc5)cc4)CC3)cc2OC)ncc1Cl. The lowest BCUT2D eigenvalue weighted by Gasteiger charge is -2.37. The van der Waals surface area contributed by atoms with Crippen LogP contribution < -0.4 is 26.0 Å². The molecule has 8 rings (SSSR count). The highest BCUT2D eigenvalue weighted by molar-refractivity contribution is 7.99. The van der Waals surface area contributed by atoms with Crippen molar-refractivity contribution in [2.24, 2.45) is 0 Å². The molecule has 3 aliphatic rings. The van der Waals surface area contributed by atoms with Gasteiger partial charge in [-0.3, -0.25) is 24.1 Å². The zero-order valence-electron chi connectivity index (χ0n) is 39.8. The van der Waals surface area contributed by atoms with Crippen molar-refractivity contribution in [1.82, 2.24) is 40.3 Å². The number of aliphatic hydroxyl groups excluding tert-OH is 1. The summed E-state index contributed by atoms with van der Waals surface area (Å²) in [5.41, 5.74) is 5.81. The smallest absolute Gasteiger partial charge is 0.258 e. The van der Waals surface area contributed by atoms with E-state index in [2.05, 4.69) is 53.3 Å². The number of aryl methyl sites for hydroxylation is 1. The van der Waals surface area contributed by atoms with Crippen molar-refractivity contribution in [2.45, 2.75) is 87.5 Å². The van der Waals surface area contributed by atoms with Gasteiger partial charge in [-0.2, -0.15) is 4.98 Å². The minimum Gasteiger partial charge on any atom is -0.495 e. The molecule has 370 valence electrons. The summed E-state index contributed by atoms with van der Waals surface area (Å²) >= 11 is 9.13. The third-order valence-electron chi connectivity index (χ3n) is 13.0. The monoisotopic (exact) mass is 1010 g/mol. The molecule has 2 saturated heterocycles. The van der Waals surface area contributed by atoms with Crippen LogP contribution in [0.2, 0.25) is 5.02 Å². The van der Waals surface area contributed by atoms with Gasteiger partial charge in [0.15, 0.2) is 5.67 Å². The van der Waals surface area contributed by atoms with Crippen LogP contribution in [0.5, 0.6) is 5.75 Å². The number of piperazine rings is 1. The Labute approximate surface area is 420 Å². The summed E-state index contributed by atoms with van der Waals surface area (Å²) in [5, 5.41) is 22.9. The van der Waals surface area contributed by atoms with Crippen molar-refractivity contribution in [1.29, 1.82) is 0 Å². The van der Waals surface area contributed by atoms with Gasteiger partial charge in [-0.25, -0.2) is 14.4 Å². The first-order valence-electron chi connectivity index (χ1n) is 23.2. The second kappa shape index (κ2) is 21.6. The fourth-order valence-corrected chi connectivity index (χ4v) is 10.6. The number of alkyl halides is 1. The first-order chi connectivity index (χ1) is 33.5. The zero-order chi connectivity index (χ0) is 49.7. The van der Waals surface area contributed by atoms with Gasteiger partial charge < -0.3 is 40.9 Å². The minimum absolute atomic E-state index is 0.0347. The van der Waals surface area contributed by atoms with Crippen LogP contribution >= 0.6 is 34.7 Å². The largest absolute Gasteiger partial charge is 0.495 e. The maximum Gasteiger partial charge on any atom is 0.258 e. The molecule has 70 heavy (non-hydrogen) atoms. The third kappa shape index (κ3) is 11.8. The molecule has 1 saturated carbocycles. The van der Waals surface area contributed by atoms with Crippen LogP contribution in [0, 0.1) is 6.92 Å². The number of halogens is 2. The Kier molecular flexibility index (Phi) is 15.6. The second-order valence-electron chi connectivity index (χ2n) is 18.4. The number of benzene rings is 3. The van der Waals surface area contributed by atoms with Gasteiger partial charge in [0.2, 0.25) is 17.8 Å². The molecule has 3 atom stereocenters. The lowest BCUT2D eigenvalue weighted by molar-refractivity contribution is -0.143. The molecule has 2 aliphatic heterocycles. The Morgan fingerprint density at radius 2 is 1.70 bits per heavy atom. The molecule has 0 bridgehead atoms. The summed E-state index contributed by atoms with van der Waals surface area (Å²) in [6, 6.07) is 19.1. The van der Waals surface area contributed by atoms with Gasteiger partial charge in [-0.1, -0.05) is 60.1 Å². The van der Waals surface area contributed by atoms with E-state index < -0.39 is 46.3 Å². The Morgan fingerprint density at radius 3 is 2.36 bits per heavy atom. The van der Waals surface area contributed by atoms with Crippen LogP contribution in [0.3, 0.4) is 0 Å². The molecule has 4 heterocycles. The van der Waals surface area contributed by atoms with Crippen molar-refractivity contribution >= 4 is 75.8 Å². The summed E-state index contributed by atoms with van der Waals surface area (Å²) in [6.45, 7) is 8.93. The van der Waals surface area contributed by atoms with E-state index >= 15 is 4.39 Å². The van der Waals surface area contributed by atoms with Gasteiger partial charge in [0.05, 0.1) is 41.2 Å². The lowest BCUT2D eigenvalue weighted by atomic mass is 10.00. The number of carbonyl (C=O) groups is 4. The Bertz CT molecular complexity index is 2700. The lowest BCUT2D eigenvalue weighted by Crippen LogP contribution is -2.61. The van der Waals surface area contributed by atoms with Crippen molar-refractivity contribution < 1.29 is 33.4 Å². The minimum atomic E-state index is -2.03. The van der Waals surface area contributed by atoms with Gasteiger partial charge in [0.1, 0.15) is 28.7 Å². The maximum atomic E-state index is 15.2. The Balaban J connectivity index is 0.844. The first kappa shape index (κ1) is 50.5. The van der Waals surface area contributed by atoms with E-state index in [9.17, 15) is 24.3 Å². The second-order valence-corrected chi connectivity index (χ2v) is 21.3. The number of hydrogen-bond acceptors (Lipinski definition) is 14. The van der Waals surface area contributed by atoms with E-state index in [0.717, 1.165) is 32.8 Å². The molecule has 5 N–H and O–H groups in total. The van der Waals surface area contributed by atoms with Crippen LogP contribution in [0.1, 0.15) is 65.9 Å². The van der Waals surface area contributed by atoms with Crippen molar-refractivity contribution in [3.63, 3.8) is 0 Å². The molecular formula is C50H58ClFN10O6S2. The van der Waals surface area contributed by atoms with E-state index in [1.807, 2.05) is 62.1 Å². The van der Waals surface area contributed by atoms with E-state index in [1.165, 1.54) is 30.0 Å². The number of carbonyl (C=O) groups excluding carboxylic acids is 4. The van der Waals surface area contributed by atoms with Gasteiger partial charge in [0.25, 0.3) is 11.8 Å². The Morgan fingerprint density at radius 1 is 1.00 bits per heavy atom. The molecule has 3 fully saturated rings. The molecule has 0 spiro atoms. The maximum absolute atomic E-state index is 15.2. The van der Waals surface area contributed by atoms with E-state index in [1.54, 1.807) is 42.1 Å². The van der Waals surface area contributed by atoms with E-state index in [-0.39, 0.29) is 38.3 Å². The third-order valence-corrected chi connectivity index (χ3v) is 15.7. The zero-order valence-corrected chi connectivity index (χ0v) is 42.1. The van der Waals surface area contributed by atoms with E-state index in [4.69, 9.17) is 16.3 Å². The number of aliphatic hydroxyl groups is 1. The summed E-state index contributed by atoms with van der Waals surface area (Å²) in [7, 11) is 3.25. The van der Waals surface area contributed by atoms with Crippen LogP contribution in [-0.4, -0.2) is 134 Å². The average Bonchev–Trinajstić information content (AvgIpc) is 3.77. The van der Waals surface area contributed by atoms with Gasteiger partial charge in [-0.15, -0.1) is 23.1 Å². The number of β-amino-alcohol motifs (C(OH)–C–C–N with tert-alkyl or cyclic N) is 1. The van der Waals surface area contributed by atoms with Crippen molar-refractivity contribution in [3.05, 3.63) is 111 Å². The number of likely N-dealkylation sites (tertiary alicyclic amines) is 1. The number of rotatable bonds is 18. The van der Waals surface area contributed by atoms with Gasteiger partial charge in [-0.05, 0) is 74.1 Å². The molecular weight excluding hydrogens is 955 g/mol. The number of nitrogens with zero attached hydrogens (tertiary/aromatic N) is 6. The fraction of sp³-hybridized carbons (Fsp3) is 0.420. The summed E-state index contributed by atoms with van der Waals surface area (Å²) in [5.74, 6) is -0.152. The summed E-state index contributed by atoms with van der Waals surface area (Å²) in [6.07, 6.45) is 0.740. The van der Waals surface area contributed by atoms with E-state index in [0.29, 0.717) is 72.3 Å². The molecule has 0 radical (unpaired) electrons. The summed E-state index contributed by atoms with van der Waals surface area (Å²) < 4.78 is 19.8. The highest BCUT2D eigenvalue weighted by Gasteiger charge is 2.54. The van der Waals surface area contributed by atoms with Gasteiger partial charge >= 0.3 is 0 Å². The quantitative estimate of drug-likeness (QED) is 0.0632. The first-order valence-corrected chi connectivity index (χ1v) is 25.4. The number of aromatic nitrogens is 3. The number of anilines is 3. The average molecular weight is 1010 g/mol. The van der Waals surface area contributed by atoms with Crippen molar-refractivity contribution in [3.8, 4) is 16.2 Å². The standard InChI is InChI=1S/C50H58ClFN10O6S2/c1-30-41(69-29-56-30)34-12-10-31(11-13-34)24-54-44(64)39-23-36(63)27-62(39)46(66)42(58-47(67)50(52)16-17-50)49(2,3)70-28-33-8-6-32(7-9-33)26-60-18-20-61(21-19-60)45(65)35-14-15-38(40(22-35)68-5)57-48-55-25-37(51)43(53-4)59-48/h6-15,22,25,29,36,39,42,63H,16-21,23-24,26-28H2,1-5H3,(H,54,64)(H,58,67)(H2,53,55,57,59)/t36-,39-,42?/m1/s1. The number of hydrogen-bond donors (Lipinski definition) is 5. The van der Waals surface area contributed by atoms with Gasteiger partial charge in [0, 0.05) is 75.3 Å². The molecule has 1 unspecified atom stereocenters. The van der Waals surface area contributed by atoms with Crippen LogP contribution in [0.4, 0.5) is 21.8 Å². The number of thioether (sulfide) groups is 1. The number of ether oxygens (including phenoxy) is 1. The highest BCUT2D eigenvalue weighted by Crippen LogP contribution is 2.41. The highest BCUT2D eigenvalue weighted by atomic mass is 35.5. The molecule has 20 heteroatoms. The van der Waals surface area contributed by atoms with Crippen molar-refractivity contribution in [2.75, 3.05) is 57.5 Å². The fourth-order valence-electron chi connectivity index (χ4n) is 8.56. The predicted molar refractivity (Wildman–Crippen MR) is 271 cm³/mol. The Hall–Kier alpha value is -5.86. The molecule has 5 aromatic rings. The number of amides is 4.